The second-order valence-electron chi connectivity index (χ2n) is 18.2. The first-order valence-electron chi connectivity index (χ1n) is 24.0. The minimum absolute atomic E-state index is 0.665. The molecular formula is C63H50N4OSi2. The number of nitrogens with zero attached hydrogens (tertiary/aromatic N) is 4. The summed E-state index contributed by atoms with van der Waals surface area (Å²) in [7, 11) is -5.39. The van der Waals surface area contributed by atoms with Gasteiger partial charge in [-0.1, -0.05) is 195 Å². The normalized spacial score (nSPS) is 12.8. The van der Waals surface area contributed by atoms with E-state index >= 15 is 0 Å². The molecule has 0 fully saturated rings. The van der Waals surface area contributed by atoms with Crippen molar-refractivity contribution < 1.29 is 4.74 Å². The van der Waals surface area contributed by atoms with Crippen molar-refractivity contribution in [3.8, 4) is 17.3 Å². The molecule has 2 aromatic heterocycles. The quantitative estimate of drug-likeness (QED) is 0.0903. The summed E-state index contributed by atoms with van der Waals surface area (Å²) in [6.07, 6.45) is 6.34. The Morgan fingerprint density at radius 3 is 1.47 bits per heavy atom. The van der Waals surface area contributed by atoms with Crippen LogP contribution in [0.2, 0.25) is 6.55 Å². The van der Waals surface area contributed by atoms with Crippen LogP contribution in [0.15, 0.2) is 273 Å². The molecule has 11 aromatic rings. The first-order chi connectivity index (χ1) is 34.6. The summed E-state index contributed by atoms with van der Waals surface area (Å²) in [5.74, 6) is 2.40. The molecule has 0 radical (unpaired) electrons. The Morgan fingerprint density at radius 2 is 0.886 bits per heavy atom. The smallest absolute Gasteiger partial charge is 0.179 e. The van der Waals surface area contributed by atoms with Crippen molar-refractivity contribution in [2.75, 3.05) is 16.5 Å². The highest BCUT2D eigenvalue weighted by Gasteiger charge is 2.42. The maximum absolute atomic E-state index is 7.25. The average Bonchev–Trinajstić information content (AvgIpc) is 4.07. The van der Waals surface area contributed by atoms with Crippen molar-refractivity contribution in [3.05, 3.63) is 273 Å². The molecule has 1 aliphatic heterocycles. The Kier molecular flexibility index (Phi) is 11.1. The van der Waals surface area contributed by atoms with Crippen molar-refractivity contribution in [3.63, 3.8) is 0 Å². The molecule has 0 N–H and O–H groups in total. The lowest BCUT2D eigenvalue weighted by Crippen LogP contribution is -2.74. The van der Waals surface area contributed by atoms with Crippen molar-refractivity contribution in [2.45, 2.75) is 6.55 Å². The maximum Gasteiger partial charge on any atom is 0.179 e. The van der Waals surface area contributed by atoms with Gasteiger partial charge >= 0.3 is 0 Å². The maximum atomic E-state index is 7.25. The molecule has 7 heteroatoms. The molecule has 0 unspecified atom stereocenters. The molecule has 0 saturated carbocycles. The lowest BCUT2D eigenvalue weighted by Gasteiger charge is -2.35. The fraction of sp³-hybridized carbons (Fsp3) is 0.0317. The van der Waals surface area contributed by atoms with Crippen LogP contribution in [0.3, 0.4) is 0 Å². The van der Waals surface area contributed by atoms with Gasteiger partial charge in [-0.2, -0.15) is 0 Å². The molecule has 12 rings (SSSR count). The highest BCUT2D eigenvalue weighted by atomic mass is 28.3. The molecule has 70 heavy (non-hydrogen) atoms. The number of pyridine rings is 1. The van der Waals surface area contributed by atoms with Crippen molar-refractivity contribution >= 4 is 85.6 Å². The van der Waals surface area contributed by atoms with E-state index in [1.54, 1.807) is 0 Å². The Bertz CT molecular complexity index is 3490. The van der Waals surface area contributed by atoms with Gasteiger partial charge in [0.25, 0.3) is 0 Å². The molecule has 0 saturated heterocycles. The van der Waals surface area contributed by atoms with E-state index in [2.05, 4.69) is 288 Å². The highest BCUT2D eigenvalue weighted by Crippen LogP contribution is 2.36. The molecule has 5 nitrogen and oxygen atoms in total. The number of anilines is 2. The molecule has 0 amide bonds. The number of benzene rings is 9. The molecule has 0 aliphatic carbocycles. The zero-order valence-electron chi connectivity index (χ0n) is 38.9. The van der Waals surface area contributed by atoms with E-state index in [-0.39, 0.29) is 0 Å². The standard InChI is InChI=1S/C63H50N4OSi2/c1-69(52-24-10-3-11-25-52,53-26-12-4-13-27-53)57-38-39-64-63(46-57)67-61-35-21-20-34-59(61)60-37-36-50(45-62(60)67)68-51-42-49(66-41-40-65(47-66)48-22-8-2-9-23-48)43-58(44-51)70(54-28-14-5-15-29-54,55-30-16-6-17-31-55)56-32-18-7-19-33-56/h2-46H,47H2,1H3. The number of hydrogen-bond acceptors (Lipinski definition) is 4. The van der Waals surface area contributed by atoms with Crippen molar-refractivity contribution in [1.29, 1.82) is 0 Å². The topological polar surface area (TPSA) is 33.5 Å². The number of para-hydroxylation sites is 2. The Labute approximate surface area is 411 Å². The van der Waals surface area contributed by atoms with Gasteiger partial charge in [0.2, 0.25) is 0 Å². The average molecular weight is 935 g/mol. The minimum atomic E-state index is -2.95. The van der Waals surface area contributed by atoms with Gasteiger partial charge in [0.1, 0.15) is 25.4 Å². The summed E-state index contributed by atoms with van der Waals surface area (Å²) < 4.78 is 9.57. The number of aromatic nitrogens is 2. The van der Waals surface area contributed by atoms with Crippen LogP contribution in [-0.2, 0) is 0 Å². The van der Waals surface area contributed by atoms with Gasteiger partial charge in [0.05, 0.1) is 17.7 Å². The Hall–Kier alpha value is -8.50. The van der Waals surface area contributed by atoms with E-state index in [0.29, 0.717) is 6.67 Å². The monoisotopic (exact) mass is 934 g/mol. The van der Waals surface area contributed by atoms with E-state index in [1.807, 2.05) is 6.20 Å². The van der Waals surface area contributed by atoms with Crippen LogP contribution in [0, 0.1) is 0 Å². The van der Waals surface area contributed by atoms with Crippen LogP contribution in [-0.4, -0.2) is 32.4 Å². The fourth-order valence-corrected chi connectivity index (χ4v) is 19.1. The van der Waals surface area contributed by atoms with Crippen molar-refractivity contribution in [1.82, 2.24) is 9.55 Å². The molecule has 336 valence electrons. The largest absolute Gasteiger partial charge is 0.457 e. The summed E-state index contributed by atoms with van der Waals surface area (Å²) in [6.45, 7) is 3.12. The van der Waals surface area contributed by atoms with E-state index in [1.165, 1.54) is 41.7 Å². The van der Waals surface area contributed by atoms with Gasteiger partial charge in [-0.3, -0.25) is 4.57 Å². The first kappa shape index (κ1) is 42.8. The summed E-state index contributed by atoms with van der Waals surface area (Å²) >= 11 is 0. The third kappa shape index (κ3) is 7.53. The van der Waals surface area contributed by atoms with E-state index in [9.17, 15) is 0 Å². The second-order valence-corrected chi connectivity index (χ2v) is 26.0. The van der Waals surface area contributed by atoms with E-state index in [4.69, 9.17) is 9.72 Å². The van der Waals surface area contributed by atoms with E-state index < -0.39 is 16.1 Å². The SMILES string of the molecule is C[Si](c1ccccc1)(c1ccccc1)c1ccnc(-n2c3ccccc3c3ccc(Oc4cc(N5C=CN(c6ccccc6)C5)cc([Si](c5ccccc5)(c5ccccc5)c5ccccc5)c4)cc32)c1. The zero-order valence-corrected chi connectivity index (χ0v) is 40.9. The van der Waals surface area contributed by atoms with Crippen LogP contribution in [0.1, 0.15) is 0 Å². The van der Waals surface area contributed by atoms with Gasteiger partial charge < -0.3 is 14.5 Å². The van der Waals surface area contributed by atoms with Crippen molar-refractivity contribution in [2.24, 2.45) is 0 Å². The van der Waals surface area contributed by atoms with Gasteiger partial charge in [-0.15, -0.1) is 0 Å². The summed E-state index contributed by atoms with van der Waals surface area (Å²) in [5, 5.41) is 11.5. The molecule has 1 aliphatic rings. The van der Waals surface area contributed by atoms with Crippen LogP contribution >= 0.6 is 0 Å². The predicted octanol–water partition coefficient (Wildman–Crippen LogP) is 10.2. The predicted molar refractivity (Wildman–Crippen MR) is 298 cm³/mol. The molecule has 9 aromatic carbocycles. The van der Waals surface area contributed by atoms with E-state index in [0.717, 1.165) is 45.1 Å². The van der Waals surface area contributed by atoms with Crippen LogP contribution in [0.25, 0.3) is 27.6 Å². The summed E-state index contributed by atoms with van der Waals surface area (Å²) in [4.78, 5) is 9.74. The molecule has 0 bridgehead atoms. The Balaban J connectivity index is 1.03. The highest BCUT2D eigenvalue weighted by molar-refractivity contribution is 7.20. The van der Waals surface area contributed by atoms with Gasteiger partial charge in [-0.25, -0.2) is 4.98 Å². The lowest BCUT2D eigenvalue weighted by atomic mass is 10.1. The molecular weight excluding hydrogens is 885 g/mol. The molecule has 3 heterocycles. The van der Waals surface area contributed by atoms with Gasteiger partial charge in [-0.05, 0) is 90.9 Å². The van der Waals surface area contributed by atoms with Crippen LogP contribution in [0.4, 0.5) is 11.4 Å². The van der Waals surface area contributed by atoms with Crippen LogP contribution < -0.4 is 50.8 Å². The minimum Gasteiger partial charge on any atom is -0.457 e. The molecule has 0 spiro atoms. The number of fused-ring (bicyclic) bond motifs is 3. The Morgan fingerprint density at radius 1 is 0.386 bits per heavy atom. The zero-order chi connectivity index (χ0) is 46.9. The number of rotatable bonds is 12. The first-order valence-corrected chi connectivity index (χ1v) is 28.5. The van der Waals surface area contributed by atoms with Crippen LogP contribution in [0.5, 0.6) is 11.5 Å². The third-order valence-corrected chi connectivity index (χ3v) is 23.4. The number of hydrogen-bond donors (Lipinski definition) is 0. The second kappa shape index (κ2) is 18.2. The van der Waals surface area contributed by atoms with Gasteiger partial charge in [0, 0.05) is 52.9 Å². The molecule has 0 atom stereocenters. The number of ether oxygens (including phenoxy) is 1. The summed E-state index contributed by atoms with van der Waals surface area (Å²) in [5.41, 5.74) is 4.33. The lowest BCUT2D eigenvalue weighted by molar-refractivity contribution is 0.484. The van der Waals surface area contributed by atoms with Gasteiger partial charge in [0.15, 0.2) is 8.07 Å². The third-order valence-electron chi connectivity index (χ3n) is 14.2. The fourth-order valence-electron chi connectivity index (χ4n) is 10.8. The summed E-state index contributed by atoms with van der Waals surface area (Å²) in [6, 6.07) is 92.5.